The van der Waals surface area contributed by atoms with Crippen LogP contribution in [0, 0.1) is 3.57 Å². The van der Waals surface area contributed by atoms with Crippen molar-refractivity contribution in [3.05, 3.63) is 33.4 Å². The van der Waals surface area contributed by atoms with E-state index in [1.165, 1.54) is 9.13 Å². The van der Waals surface area contributed by atoms with Crippen LogP contribution in [0.5, 0.6) is 0 Å². The third-order valence-corrected chi connectivity index (χ3v) is 3.10. The summed E-state index contributed by atoms with van der Waals surface area (Å²) in [6.07, 6.45) is 0.579. The molecular formula is C12H18INO. The first kappa shape index (κ1) is 12.9. The SMILES string of the molecule is C[C@H](NCC[C@@H](C)O)c1ccc(I)cc1. The third-order valence-electron chi connectivity index (χ3n) is 2.38. The summed E-state index contributed by atoms with van der Waals surface area (Å²) in [5, 5.41) is 12.5. The molecule has 0 saturated carbocycles. The van der Waals surface area contributed by atoms with Crippen LogP contribution in [0.15, 0.2) is 24.3 Å². The lowest BCUT2D eigenvalue weighted by atomic mass is 10.1. The van der Waals surface area contributed by atoms with E-state index >= 15 is 0 Å². The van der Waals surface area contributed by atoms with Gasteiger partial charge in [0.15, 0.2) is 0 Å². The fourth-order valence-electron chi connectivity index (χ4n) is 1.38. The highest BCUT2D eigenvalue weighted by Gasteiger charge is 2.04. The molecule has 0 aromatic heterocycles. The highest BCUT2D eigenvalue weighted by atomic mass is 127. The normalized spacial score (nSPS) is 14.9. The Morgan fingerprint density at radius 1 is 1.27 bits per heavy atom. The predicted octanol–water partition coefficient (Wildman–Crippen LogP) is 2.71. The molecular weight excluding hydrogens is 301 g/mol. The van der Waals surface area contributed by atoms with Crippen molar-refractivity contribution in [1.82, 2.24) is 5.32 Å². The van der Waals surface area contributed by atoms with Crippen molar-refractivity contribution < 1.29 is 5.11 Å². The standard InChI is InChI=1S/C12H18INO/c1-9(15)7-8-14-10(2)11-3-5-12(13)6-4-11/h3-6,9-10,14-15H,7-8H2,1-2H3/t9-,10+/m1/s1. The van der Waals surface area contributed by atoms with E-state index in [0.29, 0.717) is 6.04 Å². The average Bonchev–Trinajstić information content (AvgIpc) is 2.18. The molecule has 0 amide bonds. The third kappa shape index (κ3) is 4.95. The van der Waals surface area contributed by atoms with Crippen molar-refractivity contribution in [2.45, 2.75) is 32.4 Å². The Morgan fingerprint density at radius 3 is 2.40 bits per heavy atom. The van der Waals surface area contributed by atoms with E-state index < -0.39 is 0 Å². The van der Waals surface area contributed by atoms with E-state index in [1.807, 2.05) is 6.92 Å². The zero-order valence-corrected chi connectivity index (χ0v) is 11.4. The van der Waals surface area contributed by atoms with Crippen LogP contribution in [0.25, 0.3) is 0 Å². The van der Waals surface area contributed by atoms with Gasteiger partial charge >= 0.3 is 0 Å². The molecule has 0 heterocycles. The second-order valence-electron chi connectivity index (χ2n) is 3.87. The zero-order chi connectivity index (χ0) is 11.3. The van der Waals surface area contributed by atoms with Gasteiger partial charge in [0.2, 0.25) is 0 Å². The van der Waals surface area contributed by atoms with Gasteiger partial charge < -0.3 is 10.4 Å². The molecule has 1 aromatic carbocycles. The Balaban J connectivity index is 2.40. The van der Waals surface area contributed by atoms with Crippen LogP contribution < -0.4 is 5.32 Å². The lowest BCUT2D eigenvalue weighted by Crippen LogP contribution is -2.22. The minimum absolute atomic E-state index is 0.221. The van der Waals surface area contributed by atoms with E-state index in [4.69, 9.17) is 5.11 Å². The molecule has 0 bridgehead atoms. The average molecular weight is 319 g/mol. The van der Waals surface area contributed by atoms with Gasteiger partial charge in [-0.15, -0.1) is 0 Å². The Hall–Kier alpha value is -0.130. The molecule has 1 rings (SSSR count). The second-order valence-corrected chi connectivity index (χ2v) is 5.11. The quantitative estimate of drug-likeness (QED) is 0.818. The minimum atomic E-state index is -0.221. The van der Waals surface area contributed by atoms with Gasteiger partial charge in [-0.2, -0.15) is 0 Å². The lowest BCUT2D eigenvalue weighted by molar-refractivity contribution is 0.182. The number of halogens is 1. The summed E-state index contributed by atoms with van der Waals surface area (Å²) in [5.74, 6) is 0. The summed E-state index contributed by atoms with van der Waals surface area (Å²) in [6.45, 7) is 4.81. The molecule has 0 unspecified atom stereocenters. The summed E-state index contributed by atoms with van der Waals surface area (Å²) >= 11 is 2.30. The molecule has 1 aromatic rings. The van der Waals surface area contributed by atoms with Crippen LogP contribution in [-0.4, -0.2) is 17.8 Å². The fraction of sp³-hybridized carbons (Fsp3) is 0.500. The van der Waals surface area contributed by atoms with Gasteiger partial charge in [0.1, 0.15) is 0 Å². The van der Waals surface area contributed by atoms with Crippen molar-refractivity contribution in [1.29, 1.82) is 0 Å². The molecule has 2 N–H and O–H groups in total. The van der Waals surface area contributed by atoms with E-state index in [0.717, 1.165) is 13.0 Å². The van der Waals surface area contributed by atoms with E-state index in [9.17, 15) is 0 Å². The Bertz CT molecular complexity index is 284. The van der Waals surface area contributed by atoms with Crippen LogP contribution in [0.1, 0.15) is 31.9 Å². The molecule has 3 heteroatoms. The van der Waals surface area contributed by atoms with Crippen LogP contribution in [0.2, 0.25) is 0 Å². The molecule has 0 fully saturated rings. The zero-order valence-electron chi connectivity index (χ0n) is 9.20. The summed E-state index contributed by atoms with van der Waals surface area (Å²) in [4.78, 5) is 0. The number of aliphatic hydroxyl groups is 1. The first-order chi connectivity index (χ1) is 7.09. The monoisotopic (exact) mass is 319 g/mol. The number of nitrogens with one attached hydrogen (secondary N) is 1. The summed E-state index contributed by atoms with van der Waals surface area (Å²) in [6, 6.07) is 8.86. The van der Waals surface area contributed by atoms with Crippen molar-refractivity contribution in [3.63, 3.8) is 0 Å². The number of hydrogen-bond donors (Lipinski definition) is 2. The second kappa shape index (κ2) is 6.45. The molecule has 84 valence electrons. The summed E-state index contributed by atoms with van der Waals surface area (Å²) < 4.78 is 1.26. The molecule has 2 atom stereocenters. The maximum absolute atomic E-state index is 9.13. The van der Waals surface area contributed by atoms with Crippen molar-refractivity contribution in [3.8, 4) is 0 Å². The van der Waals surface area contributed by atoms with E-state index in [2.05, 4.69) is 59.1 Å². The summed E-state index contributed by atoms with van der Waals surface area (Å²) in [7, 11) is 0. The fourth-order valence-corrected chi connectivity index (χ4v) is 1.74. The first-order valence-electron chi connectivity index (χ1n) is 5.26. The molecule has 0 aliphatic heterocycles. The highest BCUT2D eigenvalue weighted by molar-refractivity contribution is 14.1. The van der Waals surface area contributed by atoms with Gasteiger partial charge in [-0.25, -0.2) is 0 Å². The largest absolute Gasteiger partial charge is 0.393 e. The first-order valence-corrected chi connectivity index (χ1v) is 6.34. The maximum atomic E-state index is 9.13. The van der Waals surface area contributed by atoms with Crippen molar-refractivity contribution >= 4 is 22.6 Å². The molecule has 0 saturated heterocycles. The Morgan fingerprint density at radius 2 is 1.87 bits per heavy atom. The van der Waals surface area contributed by atoms with Gasteiger partial charge in [-0.05, 0) is 67.1 Å². The Labute approximate surface area is 105 Å². The molecule has 0 spiro atoms. The topological polar surface area (TPSA) is 32.3 Å². The van der Waals surface area contributed by atoms with Crippen molar-refractivity contribution in [2.24, 2.45) is 0 Å². The number of rotatable bonds is 5. The van der Waals surface area contributed by atoms with Gasteiger partial charge in [0.25, 0.3) is 0 Å². The predicted molar refractivity (Wildman–Crippen MR) is 71.9 cm³/mol. The van der Waals surface area contributed by atoms with E-state index in [1.54, 1.807) is 0 Å². The van der Waals surface area contributed by atoms with Gasteiger partial charge in [-0.3, -0.25) is 0 Å². The van der Waals surface area contributed by atoms with Crippen LogP contribution in [0.3, 0.4) is 0 Å². The minimum Gasteiger partial charge on any atom is -0.393 e. The molecule has 0 radical (unpaired) electrons. The highest BCUT2D eigenvalue weighted by Crippen LogP contribution is 2.14. The molecule has 15 heavy (non-hydrogen) atoms. The smallest absolute Gasteiger partial charge is 0.0524 e. The van der Waals surface area contributed by atoms with Crippen LogP contribution >= 0.6 is 22.6 Å². The molecule has 0 aliphatic rings. The van der Waals surface area contributed by atoms with Gasteiger partial charge in [-0.1, -0.05) is 12.1 Å². The Kier molecular flexibility index (Phi) is 5.56. The number of hydrogen-bond acceptors (Lipinski definition) is 2. The lowest BCUT2D eigenvalue weighted by Gasteiger charge is -2.14. The maximum Gasteiger partial charge on any atom is 0.0524 e. The van der Waals surface area contributed by atoms with Gasteiger partial charge in [0, 0.05) is 9.61 Å². The van der Waals surface area contributed by atoms with Crippen LogP contribution in [0.4, 0.5) is 0 Å². The summed E-state index contributed by atoms with van der Waals surface area (Å²) in [5.41, 5.74) is 1.29. The molecule has 0 aliphatic carbocycles. The number of aliphatic hydroxyl groups excluding tert-OH is 1. The van der Waals surface area contributed by atoms with Gasteiger partial charge in [0.05, 0.1) is 6.10 Å². The molecule has 2 nitrogen and oxygen atoms in total. The van der Waals surface area contributed by atoms with Crippen molar-refractivity contribution in [2.75, 3.05) is 6.54 Å². The van der Waals surface area contributed by atoms with Crippen LogP contribution in [-0.2, 0) is 0 Å². The van der Waals surface area contributed by atoms with E-state index in [-0.39, 0.29) is 6.10 Å². The number of benzene rings is 1.